The Morgan fingerprint density at radius 1 is 1.16 bits per heavy atom. The molecule has 2 rings (SSSR count). The highest BCUT2D eigenvalue weighted by Crippen LogP contribution is 2.17. The standard InChI is InChI=1S/C19H26N2O4/c1-12-7-6-8-15(11-12)18(23)20-13(2)19(24)25-14(3)17(22)21-16-9-4-5-10-16/h6-8,11,13-14,16H,4-5,9-10H2,1-3H3,(H,20,23)(H,21,22)/t13-,14+/m0/s1. The van der Waals surface area contributed by atoms with Gasteiger partial charge in [-0.2, -0.15) is 0 Å². The lowest BCUT2D eigenvalue weighted by molar-refractivity contribution is -0.156. The summed E-state index contributed by atoms with van der Waals surface area (Å²) in [4.78, 5) is 36.3. The van der Waals surface area contributed by atoms with Gasteiger partial charge in [-0.25, -0.2) is 4.79 Å². The Morgan fingerprint density at radius 2 is 1.84 bits per heavy atom. The first-order valence-corrected chi connectivity index (χ1v) is 8.75. The lowest BCUT2D eigenvalue weighted by atomic mass is 10.1. The van der Waals surface area contributed by atoms with E-state index in [1.54, 1.807) is 18.2 Å². The SMILES string of the molecule is Cc1cccc(C(=O)N[C@@H](C)C(=O)O[C@H](C)C(=O)NC2CCCC2)c1. The predicted molar refractivity (Wildman–Crippen MR) is 94.1 cm³/mol. The average molecular weight is 346 g/mol. The Balaban J connectivity index is 1.82. The van der Waals surface area contributed by atoms with E-state index in [2.05, 4.69) is 10.6 Å². The molecule has 0 unspecified atom stereocenters. The van der Waals surface area contributed by atoms with Crippen molar-refractivity contribution in [3.8, 4) is 0 Å². The third-order valence-electron chi connectivity index (χ3n) is 4.35. The number of nitrogens with one attached hydrogen (secondary N) is 2. The van der Waals surface area contributed by atoms with Crippen LogP contribution in [-0.4, -0.2) is 36.0 Å². The first-order chi connectivity index (χ1) is 11.9. The van der Waals surface area contributed by atoms with Gasteiger partial charge in [-0.15, -0.1) is 0 Å². The number of amides is 2. The van der Waals surface area contributed by atoms with E-state index in [1.807, 2.05) is 13.0 Å². The molecular weight excluding hydrogens is 320 g/mol. The highest BCUT2D eigenvalue weighted by molar-refractivity contribution is 5.97. The number of esters is 1. The number of rotatable bonds is 6. The lowest BCUT2D eigenvalue weighted by Gasteiger charge is -2.19. The maximum Gasteiger partial charge on any atom is 0.329 e. The Morgan fingerprint density at radius 3 is 2.48 bits per heavy atom. The zero-order valence-corrected chi connectivity index (χ0v) is 15.0. The van der Waals surface area contributed by atoms with Gasteiger partial charge in [-0.3, -0.25) is 9.59 Å². The van der Waals surface area contributed by atoms with Gasteiger partial charge in [0.05, 0.1) is 0 Å². The van der Waals surface area contributed by atoms with Crippen LogP contribution in [0.4, 0.5) is 0 Å². The molecule has 2 N–H and O–H groups in total. The molecule has 0 radical (unpaired) electrons. The molecule has 0 spiro atoms. The second kappa shape index (κ2) is 8.65. The van der Waals surface area contributed by atoms with Crippen LogP contribution in [0, 0.1) is 6.92 Å². The number of hydrogen-bond acceptors (Lipinski definition) is 4. The molecule has 2 amide bonds. The summed E-state index contributed by atoms with van der Waals surface area (Å²) in [6, 6.07) is 6.42. The highest BCUT2D eigenvalue weighted by Gasteiger charge is 2.25. The molecule has 6 nitrogen and oxygen atoms in total. The third-order valence-corrected chi connectivity index (χ3v) is 4.35. The number of hydrogen-bond donors (Lipinski definition) is 2. The smallest absolute Gasteiger partial charge is 0.329 e. The number of ether oxygens (including phenoxy) is 1. The van der Waals surface area contributed by atoms with Crippen LogP contribution in [0.1, 0.15) is 55.5 Å². The van der Waals surface area contributed by atoms with Crippen molar-refractivity contribution >= 4 is 17.8 Å². The summed E-state index contributed by atoms with van der Waals surface area (Å²) in [5, 5.41) is 5.49. The summed E-state index contributed by atoms with van der Waals surface area (Å²) in [6.45, 7) is 4.97. The molecule has 0 saturated heterocycles. The molecule has 6 heteroatoms. The minimum atomic E-state index is -0.883. The second-order valence-corrected chi connectivity index (χ2v) is 6.63. The molecular formula is C19H26N2O4. The van der Waals surface area contributed by atoms with Crippen LogP contribution < -0.4 is 10.6 Å². The van der Waals surface area contributed by atoms with Crippen LogP contribution >= 0.6 is 0 Å². The molecule has 1 fully saturated rings. The Hall–Kier alpha value is -2.37. The van der Waals surface area contributed by atoms with Crippen LogP contribution in [0.15, 0.2) is 24.3 Å². The summed E-state index contributed by atoms with van der Waals surface area (Å²) in [5.41, 5.74) is 1.44. The van der Waals surface area contributed by atoms with Crippen molar-refractivity contribution in [2.24, 2.45) is 0 Å². The number of carbonyl (C=O) groups excluding carboxylic acids is 3. The summed E-state index contributed by atoms with van der Waals surface area (Å²) in [6.07, 6.45) is 3.28. The van der Waals surface area contributed by atoms with Gasteiger partial charge in [0.2, 0.25) is 0 Å². The molecule has 1 aliphatic carbocycles. The molecule has 0 aliphatic heterocycles. The van der Waals surface area contributed by atoms with Crippen LogP contribution in [0.2, 0.25) is 0 Å². The van der Waals surface area contributed by atoms with Gasteiger partial charge in [0.1, 0.15) is 6.04 Å². The molecule has 0 aromatic heterocycles. The Bertz CT molecular complexity index is 638. The molecule has 136 valence electrons. The zero-order valence-electron chi connectivity index (χ0n) is 15.0. The number of aryl methyl sites for hydroxylation is 1. The predicted octanol–water partition coefficient (Wildman–Crippen LogP) is 2.10. The van der Waals surface area contributed by atoms with E-state index in [0.717, 1.165) is 31.2 Å². The van der Waals surface area contributed by atoms with Crippen LogP contribution in [0.5, 0.6) is 0 Å². The van der Waals surface area contributed by atoms with Gasteiger partial charge >= 0.3 is 5.97 Å². The van der Waals surface area contributed by atoms with Crippen molar-refractivity contribution in [2.45, 2.75) is 64.6 Å². The van der Waals surface area contributed by atoms with E-state index in [0.29, 0.717) is 5.56 Å². The molecule has 0 bridgehead atoms. The van der Waals surface area contributed by atoms with Crippen molar-refractivity contribution in [2.75, 3.05) is 0 Å². The summed E-state index contributed by atoms with van der Waals surface area (Å²) < 4.78 is 5.18. The fourth-order valence-electron chi connectivity index (χ4n) is 2.84. The lowest BCUT2D eigenvalue weighted by Crippen LogP contribution is -2.45. The van der Waals surface area contributed by atoms with Gasteiger partial charge in [0.15, 0.2) is 6.10 Å². The van der Waals surface area contributed by atoms with Crippen LogP contribution in [0.3, 0.4) is 0 Å². The van der Waals surface area contributed by atoms with E-state index in [9.17, 15) is 14.4 Å². The van der Waals surface area contributed by atoms with E-state index >= 15 is 0 Å². The first kappa shape index (κ1) is 19.0. The average Bonchev–Trinajstić information content (AvgIpc) is 3.07. The molecule has 25 heavy (non-hydrogen) atoms. The van der Waals surface area contributed by atoms with Crippen LogP contribution in [-0.2, 0) is 14.3 Å². The van der Waals surface area contributed by atoms with Crippen molar-refractivity contribution < 1.29 is 19.1 Å². The van der Waals surface area contributed by atoms with Crippen molar-refractivity contribution in [3.05, 3.63) is 35.4 Å². The zero-order chi connectivity index (χ0) is 18.4. The first-order valence-electron chi connectivity index (χ1n) is 8.75. The quantitative estimate of drug-likeness (QED) is 0.773. The monoisotopic (exact) mass is 346 g/mol. The van der Waals surface area contributed by atoms with Crippen molar-refractivity contribution in [1.82, 2.24) is 10.6 Å². The van der Waals surface area contributed by atoms with Crippen molar-refractivity contribution in [1.29, 1.82) is 0 Å². The summed E-state index contributed by atoms with van der Waals surface area (Å²) in [5.74, 6) is -1.27. The summed E-state index contributed by atoms with van der Waals surface area (Å²) >= 11 is 0. The van der Waals surface area contributed by atoms with Crippen molar-refractivity contribution in [3.63, 3.8) is 0 Å². The number of carbonyl (C=O) groups is 3. The van der Waals surface area contributed by atoms with E-state index in [1.165, 1.54) is 13.8 Å². The topological polar surface area (TPSA) is 84.5 Å². The summed E-state index contributed by atoms with van der Waals surface area (Å²) in [7, 11) is 0. The largest absolute Gasteiger partial charge is 0.451 e. The van der Waals surface area contributed by atoms with Gasteiger partial charge in [0.25, 0.3) is 11.8 Å². The fraction of sp³-hybridized carbons (Fsp3) is 0.526. The normalized spacial score (nSPS) is 16.8. The van der Waals surface area contributed by atoms with Gasteiger partial charge in [0, 0.05) is 11.6 Å². The Kier molecular flexibility index (Phi) is 6.56. The minimum absolute atomic E-state index is 0.173. The van der Waals surface area contributed by atoms with Gasteiger partial charge in [-0.05, 0) is 45.7 Å². The minimum Gasteiger partial charge on any atom is -0.451 e. The van der Waals surface area contributed by atoms with E-state index in [4.69, 9.17) is 4.74 Å². The van der Waals surface area contributed by atoms with Gasteiger partial charge in [-0.1, -0.05) is 30.5 Å². The van der Waals surface area contributed by atoms with Gasteiger partial charge < -0.3 is 15.4 Å². The van der Waals surface area contributed by atoms with Crippen LogP contribution in [0.25, 0.3) is 0 Å². The molecule has 1 saturated carbocycles. The molecule has 1 aliphatic rings. The Labute approximate surface area is 148 Å². The molecule has 1 aromatic rings. The fourth-order valence-corrected chi connectivity index (χ4v) is 2.84. The molecule has 2 atom stereocenters. The third kappa shape index (κ3) is 5.59. The maximum atomic E-state index is 12.2. The maximum absolute atomic E-state index is 12.2. The number of benzene rings is 1. The van der Waals surface area contributed by atoms with E-state index in [-0.39, 0.29) is 17.9 Å². The highest BCUT2D eigenvalue weighted by atomic mass is 16.5. The second-order valence-electron chi connectivity index (χ2n) is 6.63. The van der Waals surface area contributed by atoms with E-state index < -0.39 is 18.1 Å². The molecule has 1 aromatic carbocycles. The molecule has 0 heterocycles.